The number of aliphatic hydroxyl groups excluding tert-OH is 2. The van der Waals surface area contributed by atoms with Crippen LogP contribution in [0.5, 0.6) is 0 Å². The van der Waals surface area contributed by atoms with Gasteiger partial charge in [0.1, 0.15) is 11.1 Å². The summed E-state index contributed by atoms with van der Waals surface area (Å²) in [5.41, 5.74) is -1.25. The Morgan fingerprint density at radius 2 is 2.28 bits per heavy atom. The van der Waals surface area contributed by atoms with E-state index in [0.717, 1.165) is 0 Å². The third-order valence-electron chi connectivity index (χ3n) is 2.94. The minimum Gasteiger partial charge on any atom is -0.394 e. The fourth-order valence-corrected chi connectivity index (χ4v) is 2.10. The van der Waals surface area contributed by atoms with Crippen molar-refractivity contribution in [3.63, 3.8) is 0 Å². The smallest absolute Gasteiger partial charge is 0.328 e. The van der Waals surface area contributed by atoms with Crippen LogP contribution in [0.3, 0.4) is 0 Å². The van der Waals surface area contributed by atoms with Crippen molar-refractivity contribution in [2.45, 2.75) is 24.7 Å². The zero-order chi connectivity index (χ0) is 13.3. The molecule has 8 heteroatoms. The molecule has 100 valence electrons. The van der Waals surface area contributed by atoms with Gasteiger partial charge in [-0.25, -0.2) is 4.79 Å². The zero-order valence-electron chi connectivity index (χ0n) is 9.38. The van der Waals surface area contributed by atoms with Gasteiger partial charge in [0.15, 0.2) is 0 Å². The molecule has 1 aromatic heterocycles. The van der Waals surface area contributed by atoms with E-state index in [1.807, 2.05) is 0 Å². The molecule has 0 radical (unpaired) electrons. The van der Waals surface area contributed by atoms with Crippen molar-refractivity contribution in [2.24, 2.45) is 0 Å². The van der Waals surface area contributed by atoms with Crippen molar-refractivity contribution in [2.75, 3.05) is 13.2 Å². The Morgan fingerprint density at radius 3 is 2.89 bits per heavy atom. The molecule has 1 aliphatic rings. The zero-order valence-corrected chi connectivity index (χ0v) is 10.1. The van der Waals surface area contributed by atoms with E-state index in [-0.39, 0.29) is 24.7 Å². The largest absolute Gasteiger partial charge is 0.394 e. The first-order chi connectivity index (χ1) is 8.52. The summed E-state index contributed by atoms with van der Waals surface area (Å²) in [6.45, 7) is -0.125. The molecule has 0 unspecified atom stereocenters. The summed E-state index contributed by atoms with van der Waals surface area (Å²) in [6.07, 6.45) is -0.0440. The quantitative estimate of drug-likeness (QED) is 0.634. The lowest BCUT2D eigenvalue weighted by molar-refractivity contribution is -0.113. The Bertz CT molecular complexity index is 540. The van der Waals surface area contributed by atoms with Gasteiger partial charge in [-0.3, -0.25) is 14.3 Å². The number of aliphatic hydroxyl groups is 2. The van der Waals surface area contributed by atoms with Gasteiger partial charge in [0, 0.05) is 6.20 Å². The molecule has 7 nitrogen and oxygen atoms in total. The number of ether oxygens (including phenoxy) is 1. The predicted molar refractivity (Wildman–Crippen MR) is 62.8 cm³/mol. The average Bonchev–Trinajstić information content (AvgIpc) is 2.33. The number of nitrogens with one attached hydrogen (secondary N) is 1. The second-order valence-electron chi connectivity index (χ2n) is 4.15. The van der Waals surface area contributed by atoms with Crippen LogP contribution in [0.2, 0.25) is 5.02 Å². The Kier molecular flexibility index (Phi) is 3.86. The van der Waals surface area contributed by atoms with E-state index in [4.69, 9.17) is 21.4 Å². The molecule has 18 heavy (non-hydrogen) atoms. The second kappa shape index (κ2) is 5.23. The third-order valence-corrected chi connectivity index (χ3v) is 3.21. The van der Waals surface area contributed by atoms with E-state index >= 15 is 0 Å². The molecule has 0 amide bonds. The fourth-order valence-electron chi connectivity index (χ4n) is 1.94. The van der Waals surface area contributed by atoms with Crippen molar-refractivity contribution in [3.05, 3.63) is 32.1 Å². The summed E-state index contributed by atoms with van der Waals surface area (Å²) in [4.78, 5) is 24.8. The predicted octanol–water partition coefficient (Wildman–Crippen LogP) is -1.13. The molecule has 1 fully saturated rings. The maximum absolute atomic E-state index is 11.6. The number of hydrogen-bond donors (Lipinski definition) is 3. The molecule has 0 aromatic carbocycles. The number of aromatic amines is 1. The van der Waals surface area contributed by atoms with Crippen LogP contribution in [-0.4, -0.2) is 45.2 Å². The van der Waals surface area contributed by atoms with Crippen molar-refractivity contribution >= 4 is 11.6 Å². The molecule has 1 aliphatic heterocycles. The van der Waals surface area contributed by atoms with Crippen LogP contribution in [0.4, 0.5) is 0 Å². The summed E-state index contributed by atoms with van der Waals surface area (Å²) in [5, 5.41) is 18.5. The highest BCUT2D eigenvalue weighted by Gasteiger charge is 2.31. The van der Waals surface area contributed by atoms with Gasteiger partial charge in [0.25, 0.3) is 5.56 Å². The summed E-state index contributed by atoms with van der Waals surface area (Å²) >= 11 is 5.65. The Labute approximate surface area is 107 Å². The van der Waals surface area contributed by atoms with Crippen LogP contribution in [-0.2, 0) is 4.74 Å². The molecular weight excluding hydrogens is 264 g/mol. The molecule has 0 spiro atoms. The maximum Gasteiger partial charge on any atom is 0.328 e. The van der Waals surface area contributed by atoms with Crippen molar-refractivity contribution in [1.82, 2.24) is 9.55 Å². The molecule has 3 atom stereocenters. The number of H-pyrrole nitrogens is 1. The van der Waals surface area contributed by atoms with Gasteiger partial charge >= 0.3 is 5.69 Å². The lowest BCUT2D eigenvalue weighted by Gasteiger charge is -2.33. The SMILES string of the molecule is O=c1[nH]c(=O)n([C@@H]2CO[C@H](CO)[C@@H](O)C2)cc1Cl. The van der Waals surface area contributed by atoms with Gasteiger partial charge in [-0.1, -0.05) is 11.6 Å². The molecule has 0 saturated carbocycles. The highest BCUT2D eigenvalue weighted by atomic mass is 35.5. The molecule has 2 rings (SSSR count). The first-order valence-corrected chi connectivity index (χ1v) is 5.82. The molecular formula is C10H13ClN2O5. The first kappa shape index (κ1) is 13.3. The topological polar surface area (TPSA) is 105 Å². The highest BCUT2D eigenvalue weighted by Crippen LogP contribution is 2.22. The third kappa shape index (κ3) is 2.49. The summed E-state index contributed by atoms with van der Waals surface area (Å²) in [6, 6.07) is -0.426. The molecule has 1 aromatic rings. The monoisotopic (exact) mass is 276 g/mol. The van der Waals surface area contributed by atoms with Gasteiger partial charge in [0.2, 0.25) is 0 Å². The van der Waals surface area contributed by atoms with Gasteiger partial charge in [-0.05, 0) is 6.42 Å². The van der Waals surface area contributed by atoms with Crippen LogP contribution < -0.4 is 11.2 Å². The van der Waals surface area contributed by atoms with Gasteiger partial charge < -0.3 is 14.9 Å². The van der Waals surface area contributed by atoms with E-state index in [0.29, 0.717) is 0 Å². The van der Waals surface area contributed by atoms with Crippen LogP contribution in [0.1, 0.15) is 12.5 Å². The molecule has 1 saturated heterocycles. The number of halogens is 1. The van der Waals surface area contributed by atoms with E-state index in [1.165, 1.54) is 10.8 Å². The van der Waals surface area contributed by atoms with Gasteiger partial charge in [0.05, 0.1) is 25.4 Å². The van der Waals surface area contributed by atoms with E-state index in [9.17, 15) is 14.7 Å². The first-order valence-electron chi connectivity index (χ1n) is 5.44. The number of nitrogens with zero attached hydrogens (tertiary/aromatic N) is 1. The van der Waals surface area contributed by atoms with Crippen LogP contribution in [0.15, 0.2) is 15.8 Å². The van der Waals surface area contributed by atoms with Gasteiger partial charge in [-0.15, -0.1) is 0 Å². The normalized spacial score (nSPS) is 28.3. The van der Waals surface area contributed by atoms with Crippen LogP contribution in [0.25, 0.3) is 0 Å². The maximum atomic E-state index is 11.6. The second-order valence-corrected chi connectivity index (χ2v) is 4.56. The minimum absolute atomic E-state index is 0.103. The van der Waals surface area contributed by atoms with Crippen LogP contribution in [0, 0.1) is 0 Å². The standard InChI is InChI=1S/C10H13ClN2O5/c11-6-2-13(10(17)12-9(6)16)5-1-7(15)8(3-14)18-4-5/h2,5,7-8,14-15H,1,3-4H2,(H,12,16,17)/t5-,7-,8+/m0/s1. The van der Waals surface area contributed by atoms with Gasteiger partial charge in [-0.2, -0.15) is 0 Å². The van der Waals surface area contributed by atoms with Crippen LogP contribution >= 0.6 is 11.6 Å². The molecule has 0 aliphatic carbocycles. The van der Waals surface area contributed by atoms with Crippen molar-refractivity contribution in [3.8, 4) is 0 Å². The minimum atomic E-state index is -0.869. The van der Waals surface area contributed by atoms with Crippen molar-refractivity contribution < 1.29 is 14.9 Å². The Balaban J connectivity index is 2.26. The molecule has 3 N–H and O–H groups in total. The van der Waals surface area contributed by atoms with E-state index in [2.05, 4.69) is 4.98 Å². The Morgan fingerprint density at radius 1 is 1.56 bits per heavy atom. The fraction of sp³-hybridized carbons (Fsp3) is 0.600. The number of aromatic nitrogens is 2. The summed E-state index contributed by atoms with van der Waals surface area (Å²) < 4.78 is 6.46. The lowest BCUT2D eigenvalue weighted by atomic mass is 10.0. The van der Waals surface area contributed by atoms with E-state index in [1.54, 1.807) is 0 Å². The highest BCUT2D eigenvalue weighted by molar-refractivity contribution is 6.30. The number of rotatable bonds is 2. The molecule has 0 bridgehead atoms. The Hall–Kier alpha value is -1.15. The lowest BCUT2D eigenvalue weighted by Crippen LogP contribution is -2.44. The summed E-state index contributed by atoms with van der Waals surface area (Å²) in [5.74, 6) is 0. The summed E-state index contributed by atoms with van der Waals surface area (Å²) in [7, 11) is 0. The molecule has 2 heterocycles. The van der Waals surface area contributed by atoms with Crippen molar-refractivity contribution in [1.29, 1.82) is 0 Å². The van der Waals surface area contributed by atoms with E-state index < -0.39 is 29.5 Å². The number of hydrogen-bond acceptors (Lipinski definition) is 5. The average molecular weight is 277 g/mol.